The molecule has 18 heavy (non-hydrogen) atoms. The molecule has 0 bridgehead atoms. The molecule has 0 amide bonds. The fourth-order valence-electron chi connectivity index (χ4n) is 2.78. The number of hydrogen-bond acceptors (Lipinski definition) is 3. The highest BCUT2D eigenvalue weighted by atomic mass is 16.3. The number of aliphatic hydroxyl groups is 2. The lowest BCUT2D eigenvalue weighted by molar-refractivity contribution is 0.0565. The SMILES string of the molecule is OCC[C@H]1CCCCN1C[C@@H](O)c1ccccc1. The Morgan fingerprint density at radius 3 is 2.72 bits per heavy atom. The van der Waals surface area contributed by atoms with Gasteiger partial charge in [0, 0.05) is 19.2 Å². The van der Waals surface area contributed by atoms with E-state index in [1.807, 2.05) is 30.3 Å². The largest absolute Gasteiger partial charge is 0.396 e. The molecule has 100 valence electrons. The summed E-state index contributed by atoms with van der Waals surface area (Å²) in [5, 5.41) is 19.4. The van der Waals surface area contributed by atoms with Crippen LogP contribution in [0, 0.1) is 0 Å². The lowest BCUT2D eigenvalue weighted by Gasteiger charge is -2.36. The Morgan fingerprint density at radius 1 is 1.22 bits per heavy atom. The molecule has 3 nitrogen and oxygen atoms in total. The van der Waals surface area contributed by atoms with Gasteiger partial charge in [-0.05, 0) is 31.4 Å². The molecule has 0 aromatic heterocycles. The van der Waals surface area contributed by atoms with Gasteiger partial charge in [-0.1, -0.05) is 36.8 Å². The first-order valence-electron chi connectivity index (χ1n) is 6.89. The van der Waals surface area contributed by atoms with Crippen LogP contribution in [0.15, 0.2) is 30.3 Å². The third kappa shape index (κ3) is 3.55. The van der Waals surface area contributed by atoms with E-state index in [9.17, 15) is 5.11 Å². The molecule has 0 unspecified atom stereocenters. The number of aliphatic hydroxyl groups excluding tert-OH is 2. The normalized spacial score (nSPS) is 22.9. The summed E-state index contributed by atoms with van der Waals surface area (Å²) in [6.07, 6.45) is 3.97. The van der Waals surface area contributed by atoms with E-state index < -0.39 is 6.10 Å². The second-order valence-corrected chi connectivity index (χ2v) is 5.08. The Labute approximate surface area is 109 Å². The molecule has 2 atom stereocenters. The van der Waals surface area contributed by atoms with Crippen LogP contribution in [0.1, 0.15) is 37.4 Å². The lowest BCUT2D eigenvalue weighted by Crippen LogP contribution is -2.42. The minimum atomic E-state index is -0.425. The predicted molar refractivity (Wildman–Crippen MR) is 72.3 cm³/mol. The second-order valence-electron chi connectivity index (χ2n) is 5.08. The van der Waals surface area contributed by atoms with Gasteiger partial charge in [0.2, 0.25) is 0 Å². The number of benzene rings is 1. The summed E-state index contributed by atoms with van der Waals surface area (Å²) in [5.74, 6) is 0. The van der Waals surface area contributed by atoms with E-state index in [1.54, 1.807) is 0 Å². The zero-order valence-corrected chi connectivity index (χ0v) is 10.8. The average Bonchev–Trinajstić information content (AvgIpc) is 2.42. The van der Waals surface area contributed by atoms with Crippen molar-refractivity contribution in [2.75, 3.05) is 19.7 Å². The van der Waals surface area contributed by atoms with Gasteiger partial charge in [0.05, 0.1) is 6.10 Å². The number of β-amino-alcohol motifs (C(OH)–C–C–N with tert-alkyl or cyclic N) is 1. The van der Waals surface area contributed by atoms with E-state index in [0.717, 1.165) is 24.9 Å². The molecule has 1 aromatic rings. The van der Waals surface area contributed by atoms with Gasteiger partial charge in [-0.2, -0.15) is 0 Å². The first kappa shape index (κ1) is 13.5. The van der Waals surface area contributed by atoms with Gasteiger partial charge < -0.3 is 10.2 Å². The third-order valence-corrected chi connectivity index (χ3v) is 3.80. The van der Waals surface area contributed by atoms with Crippen molar-refractivity contribution in [2.24, 2.45) is 0 Å². The van der Waals surface area contributed by atoms with Crippen molar-refractivity contribution in [1.82, 2.24) is 4.90 Å². The van der Waals surface area contributed by atoms with Crippen LogP contribution in [-0.4, -0.2) is 40.9 Å². The fraction of sp³-hybridized carbons (Fsp3) is 0.600. The van der Waals surface area contributed by atoms with Gasteiger partial charge in [-0.15, -0.1) is 0 Å². The van der Waals surface area contributed by atoms with E-state index in [4.69, 9.17) is 5.11 Å². The molecule has 0 spiro atoms. The van der Waals surface area contributed by atoms with Gasteiger partial charge in [-0.3, -0.25) is 4.90 Å². The molecule has 0 aliphatic carbocycles. The Balaban J connectivity index is 1.94. The molecule has 1 aromatic carbocycles. The first-order chi connectivity index (χ1) is 8.81. The average molecular weight is 249 g/mol. The molecule has 3 heteroatoms. The number of hydrogen-bond donors (Lipinski definition) is 2. The summed E-state index contributed by atoms with van der Waals surface area (Å²) in [5.41, 5.74) is 0.978. The van der Waals surface area contributed by atoms with E-state index in [0.29, 0.717) is 12.6 Å². The van der Waals surface area contributed by atoms with Crippen LogP contribution in [-0.2, 0) is 0 Å². The number of likely N-dealkylation sites (tertiary alicyclic amines) is 1. The molecule has 2 N–H and O–H groups in total. The van der Waals surface area contributed by atoms with Crippen LogP contribution >= 0.6 is 0 Å². The van der Waals surface area contributed by atoms with Crippen LogP contribution in [0.3, 0.4) is 0 Å². The van der Waals surface area contributed by atoms with Crippen LogP contribution < -0.4 is 0 Å². The molecular formula is C15H23NO2. The van der Waals surface area contributed by atoms with Gasteiger partial charge in [-0.25, -0.2) is 0 Å². The highest BCUT2D eigenvalue weighted by molar-refractivity contribution is 5.17. The van der Waals surface area contributed by atoms with Crippen molar-refractivity contribution in [2.45, 2.75) is 37.8 Å². The van der Waals surface area contributed by atoms with Crippen molar-refractivity contribution in [3.63, 3.8) is 0 Å². The number of nitrogens with zero attached hydrogens (tertiary/aromatic N) is 1. The zero-order valence-electron chi connectivity index (χ0n) is 10.8. The molecule has 0 radical (unpaired) electrons. The minimum Gasteiger partial charge on any atom is -0.396 e. The third-order valence-electron chi connectivity index (χ3n) is 3.80. The Bertz CT molecular complexity index is 340. The molecular weight excluding hydrogens is 226 g/mol. The molecule has 1 aliphatic rings. The van der Waals surface area contributed by atoms with Crippen LogP contribution in [0.2, 0.25) is 0 Å². The topological polar surface area (TPSA) is 43.7 Å². The highest BCUT2D eigenvalue weighted by Crippen LogP contribution is 2.23. The van der Waals surface area contributed by atoms with Crippen LogP contribution in [0.25, 0.3) is 0 Å². The smallest absolute Gasteiger partial charge is 0.0917 e. The maximum Gasteiger partial charge on any atom is 0.0917 e. The summed E-state index contributed by atoms with van der Waals surface area (Å²) in [6, 6.07) is 10.2. The summed E-state index contributed by atoms with van der Waals surface area (Å²) in [6.45, 7) is 1.95. The first-order valence-corrected chi connectivity index (χ1v) is 6.89. The van der Waals surface area contributed by atoms with Crippen molar-refractivity contribution >= 4 is 0 Å². The zero-order chi connectivity index (χ0) is 12.8. The van der Waals surface area contributed by atoms with Crippen molar-refractivity contribution in [3.05, 3.63) is 35.9 Å². The van der Waals surface area contributed by atoms with Gasteiger partial charge in [0.1, 0.15) is 0 Å². The van der Waals surface area contributed by atoms with E-state index in [2.05, 4.69) is 4.90 Å². The lowest BCUT2D eigenvalue weighted by atomic mass is 9.98. The highest BCUT2D eigenvalue weighted by Gasteiger charge is 2.24. The monoisotopic (exact) mass is 249 g/mol. The molecule has 1 aliphatic heterocycles. The molecule has 0 saturated carbocycles. The van der Waals surface area contributed by atoms with Crippen molar-refractivity contribution in [3.8, 4) is 0 Å². The molecule has 2 rings (SSSR count). The summed E-state index contributed by atoms with van der Waals surface area (Å²) in [4.78, 5) is 2.33. The quantitative estimate of drug-likeness (QED) is 0.838. The second kappa shape index (κ2) is 6.88. The van der Waals surface area contributed by atoms with Crippen LogP contribution in [0.5, 0.6) is 0 Å². The van der Waals surface area contributed by atoms with E-state index in [-0.39, 0.29) is 6.61 Å². The fourth-order valence-corrected chi connectivity index (χ4v) is 2.78. The van der Waals surface area contributed by atoms with Crippen molar-refractivity contribution in [1.29, 1.82) is 0 Å². The Hall–Kier alpha value is -0.900. The van der Waals surface area contributed by atoms with Gasteiger partial charge in [0.15, 0.2) is 0 Å². The van der Waals surface area contributed by atoms with Crippen LogP contribution in [0.4, 0.5) is 0 Å². The molecule has 1 fully saturated rings. The molecule has 1 heterocycles. The van der Waals surface area contributed by atoms with Crippen molar-refractivity contribution < 1.29 is 10.2 Å². The maximum atomic E-state index is 10.3. The number of piperidine rings is 1. The maximum absolute atomic E-state index is 10.3. The van der Waals surface area contributed by atoms with E-state index in [1.165, 1.54) is 12.8 Å². The number of rotatable bonds is 5. The van der Waals surface area contributed by atoms with Gasteiger partial charge >= 0.3 is 0 Å². The standard InChI is InChI=1S/C15H23NO2/c17-11-9-14-8-4-5-10-16(14)12-15(18)13-6-2-1-3-7-13/h1-3,6-7,14-15,17-18H,4-5,8-12H2/t14-,15-/m1/s1. The predicted octanol–water partition coefficient (Wildman–Crippen LogP) is 1.96. The Morgan fingerprint density at radius 2 is 2.00 bits per heavy atom. The van der Waals surface area contributed by atoms with Gasteiger partial charge in [0.25, 0.3) is 0 Å². The summed E-state index contributed by atoms with van der Waals surface area (Å²) < 4.78 is 0. The van der Waals surface area contributed by atoms with E-state index >= 15 is 0 Å². The summed E-state index contributed by atoms with van der Waals surface area (Å²) in [7, 11) is 0. The minimum absolute atomic E-state index is 0.239. The molecule has 1 saturated heterocycles. The Kier molecular flexibility index (Phi) is 5.17. The summed E-state index contributed by atoms with van der Waals surface area (Å²) >= 11 is 0.